The van der Waals surface area contributed by atoms with Gasteiger partial charge in [-0.05, 0) is 49.1 Å². The Morgan fingerprint density at radius 2 is 1.72 bits per heavy atom. The minimum Gasteiger partial charge on any atom is -0.384 e. The molecule has 2 saturated heterocycles. The first-order chi connectivity index (χ1) is 15.3. The molecule has 6 nitrogen and oxygen atoms in total. The largest absolute Gasteiger partial charge is 0.416 e. The predicted octanol–water partition coefficient (Wildman–Crippen LogP) is 1.69. The van der Waals surface area contributed by atoms with Crippen LogP contribution in [-0.4, -0.2) is 73.4 Å². The number of anilines is 2. The molecule has 2 fully saturated rings. The maximum atomic E-state index is 13.4. The highest BCUT2D eigenvalue weighted by molar-refractivity contribution is 6.38. The lowest BCUT2D eigenvalue weighted by atomic mass is 9.96. The summed E-state index contributed by atoms with van der Waals surface area (Å²) in [7, 11) is 1.92. The van der Waals surface area contributed by atoms with E-state index in [0.717, 1.165) is 81.6 Å². The van der Waals surface area contributed by atoms with Gasteiger partial charge in [-0.2, -0.15) is 13.2 Å². The minimum atomic E-state index is -4.34. The first-order valence-electron chi connectivity index (χ1n) is 11.3. The quantitative estimate of drug-likeness (QED) is 0.706. The van der Waals surface area contributed by atoms with Crippen LogP contribution in [0.2, 0.25) is 0 Å². The number of piperidine rings is 1. The van der Waals surface area contributed by atoms with Gasteiger partial charge in [0.25, 0.3) is 0 Å². The van der Waals surface area contributed by atoms with Crippen LogP contribution in [0, 0.1) is 0 Å². The van der Waals surface area contributed by atoms with E-state index in [0.29, 0.717) is 5.82 Å². The van der Waals surface area contributed by atoms with Crippen LogP contribution in [-0.2, 0) is 6.18 Å². The highest BCUT2D eigenvalue weighted by Crippen LogP contribution is 2.33. The summed E-state index contributed by atoms with van der Waals surface area (Å²) < 4.78 is 40.2. The van der Waals surface area contributed by atoms with Gasteiger partial charge in [-0.25, -0.2) is 9.97 Å². The third-order valence-electron chi connectivity index (χ3n) is 6.63. The Kier molecular flexibility index (Phi) is 6.90. The smallest absolute Gasteiger partial charge is 0.384 e. The van der Waals surface area contributed by atoms with Gasteiger partial charge < -0.3 is 15.5 Å². The highest BCUT2D eigenvalue weighted by Gasteiger charge is 2.33. The molecule has 2 N–H and O–H groups in total. The lowest BCUT2D eigenvalue weighted by Crippen LogP contribution is -2.51. The molecule has 0 amide bonds. The number of halogens is 3. The molecule has 1 aromatic heterocycles. The summed E-state index contributed by atoms with van der Waals surface area (Å²) in [5.74, 6) is 1.31. The van der Waals surface area contributed by atoms with E-state index in [-0.39, 0.29) is 6.04 Å². The molecule has 0 radical (unpaired) electrons. The standard InChI is InChI=1S/C22H30BF3N6/c23-19-20(27)28-15-29-21(19)32-11-9-31(10-12-32)18(14-30-7-2-1-3-8-30)16-5-4-6-17(13-16)22(24,25)26/h4-6,13,15,18H,1-3,7-12,14,23H2,(H2,27,28,29). The Morgan fingerprint density at radius 3 is 2.41 bits per heavy atom. The van der Waals surface area contributed by atoms with Crippen LogP contribution in [0.1, 0.15) is 36.4 Å². The second-order valence-corrected chi connectivity index (χ2v) is 8.73. The number of piperazine rings is 1. The van der Waals surface area contributed by atoms with E-state index in [4.69, 9.17) is 5.73 Å². The van der Waals surface area contributed by atoms with Gasteiger partial charge in [0.2, 0.25) is 0 Å². The molecular formula is C22H30BF3N6. The molecule has 4 rings (SSSR count). The zero-order valence-electron chi connectivity index (χ0n) is 18.5. The van der Waals surface area contributed by atoms with E-state index in [1.54, 1.807) is 0 Å². The lowest BCUT2D eigenvalue weighted by Gasteiger charge is -2.42. The fourth-order valence-electron chi connectivity index (χ4n) is 4.76. The number of nitrogen functional groups attached to an aromatic ring is 1. The molecule has 2 aliphatic heterocycles. The van der Waals surface area contributed by atoms with Crippen LogP contribution in [0.25, 0.3) is 0 Å². The Bertz CT molecular complexity index is 911. The normalized spacial score (nSPS) is 19.8. The fraction of sp³-hybridized carbons (Fsp3) is 0.545. The van der Waals surface area contributed by atoms with Crippen molar-refractivity contribution in [2.75, 3.05) is 56.4 Å². The number of nitrogens with two attached hydrogens (primary N) is 1. The first-order valence-corrected chi connectivity index (χ1v) is 11.3. The van der Waals surface area contributed by atoms with Crippen LogP contribution in [0.5, 0.6) is 0 Å². The third-order valence-corrected chi connectivity index (χ3v) is 6.63. The van der Waals surface area contributed by atoms with Crippen molar-refractivity contribution in [2.45, 2.75) is 31.5 Å². The molecule has 0 bridgehead atoms. The topological polar surface area (TPSA) is 61.5 Å². The molecular weight excluding hydrogens is 416 g/mol. The summed E-state index contributed by atoms with van der Waals surface area (Å²) in [5, 5.41) is 0. The van der Waals surface area contributed by atoms with Crippen molar-refractivity contribution in [2.24, 2.45) is 0 Å². The van der Waals surface area contributed by atoms with Crippen molar-refractivity contribution in [3.8, 4) is 0 Å². The molecule has 32 heavy (non-hydrogen) atoms. The summed E-state index contributed by atoms with van der Waals surface area (Å²) in [6.07, 6.45) is 0.667. The molecule has 1 unspecified atom stereocenters. The van der Waals surface area contributed by atoms with Gasteiger partial charge in [0.05, 0.1) is 5.56 Å². The molecule has 1 atom stereocenters. The minimum absolute atomic E-state index is 0.0749. The van der Waals surface area contributed by atoms with E-state index < -0.39 is 11.7 Å². The van der Waals surface area contributed by atoms with Gasteiger partial charge in [-0.15, -0.1) is 0 Å². The predicted molar refractivity (Wildman–Crippen MR) is 123 cm³/mol. The number of nitrogens with zero attached hydrogens (tertiary/aromatic N) is 5. The van der Waals surface area contributed by atoms with Gasteiger partial charge in [0, 0.05) is 38.8 Å². The number of hydrogen-bond donors (Lipinski definition) is 1. The molecule has 2 aromatic rings. The highest BCUT2D eigenvalue weighted by atomic mass is 19.4. The maximum absolute atomic E-state index is 13.4. The maximum Gasteiger partial charge on any atom is 0.416 e. The number of likely N-dealkylation sites (tertiary alicyclic amines) is 1. The van der Waals surface area contributed by atoms with Crippen LogP contribution in [0.3, 0.4) is 0 Å². The number of hydrogen-bond acceptors (Lipinski definition) is 6. The molecule has 3 heterocycles. The van der Waals surface area contributed by atoms with E-state index in [1.165, 1.54) is 24.9 Å². The van der Waals surface area contributed by atoms with E-state index >= 15 is 0 Å². The molecule has 10 heteroatoms. The lowest BCUT2D eigenvalue weighted by molar-refractivity contribution is -0.137. The van der Waals surface area contributed by atoms with E-state index in [9.17, 15) is 13.2 Å². The molecule has 0 spiro atoms. The van der Waals surface area contributed by atoms with Gasteiger partial charge in [-0.1, -0.05) is 18.6 Å². The zero-order chi connectivity index (χ0) is 22.7. The summed E-state index contributed by atoms with van der Waals surface area (Å²) in [6, 6.07) is 5.78. The van der Waals surface area contributed by atoms with E-state index in [1.807, 2.05) is 13.9 Å². The summed E-state index contributed by atoms with van der Waals surface area (Å²) in [4.78, 5) is 15.4. The van der Waals surface area contributed by atoms with Crippen molar-refractivity contribution >= 4 is 24.9 Å². The Balaban J connectivity index is 1.53. The van der Waals surface area contributed by atoms with Gasteiger partial charge in [0.15, 0.2) is 0 Å². The molecule has 172 valence electrons. The molecule has 0 aliphatic carbocycles. The second-order valence-electron chi connectivity index (χ2n) is 8.73. The second kappa shape index (κ2) is 9.66. The number of rotatable bonds is 5. The summed E-state index contributed by atoms with van der Waals surface area (Å²) in [5.41, 5.74) is 6.97. The first kappa shape index (κ1) is 22.9. The van der Waals surface area contributed by atoms with Crippen molar-refractivity contribution in [3.63, 3.8) is 0 Å². The molecule has 0 saturated carbocycles. The van der Waals surface area contributed by atoms with Crippen LogP contribution >= 0.6 is 0 Å². The van der Waals surface area contributed by atoms with Crippen LogP contribution in [0.15, 0.2) is 30.6 Å². The number of alkyl halides is 3. The average Bonchev–Trinajstić information content (AvgIpc) is 2.80. The molecule has 1 aromatic carbocycles. The number of aromatic nitrogens is 2. The Labute approximate surface area is 188 Å². The SMILES string of the molecule is Bc1c(N)ncnc1N1CCN(C(CN2CCCCC2)c2cccc(C(F)(F)F)c2)CC1. The fourth-order valence-corrected chi connectivity index (χ4v) is 4.76. The summed E-state index contributed by atoms with van der Waals surface area (Å²) >= 11 is 0. The van der Waals surface area contributed by atoms with Crippen molar-refractivity contribution in [1.82, 2.24) is 19.8 Å². The third kappa shape index (κ3) is 5.18. The van der Waals surface area contributed by atoms with Crippen LogP contribution < -0.4 is 16.1 Å². The van der Waals surface area contributed by atoms with E-state index in [2.05, 4.69) is 24.7 Å². The van der Waals surface area contributed by atoms with Gasteiger partial charge >= 0.3 is 6.18 Å². The zero-order valence-corrected chi connectivity index (χ0v) is 18.5. The average molecular weight is 446 g/mol. The Morgan fingerprint density at radius 1 is 1.00 bits per heavy atom. The summed E-state index contributed by atoms with van der Waals surface area (Å²) in [6.45, 7) is 5.75. The van der Waals surface area contributed by atoms with Crippen molar-refractivity contribution in [1.29, 1.82) is 0 Å². The van der Waals surface area contributed by atoms with Crippen molar-refractivity contribution in [3.05, 3.63) is 41.7 Å². The van der Waals surface area contributed by atoms with Crippen LogP contribution in [0.4, 0.5) is 24.8 Å². The molecule has 2 aliphatic rings. The Hall–Kier alpha value is -2.33. The van der Waals surface area contributed by atoms with Crippen molar-refractivity contribution < 1.29 is 13.2 Å². The van der Waals surface area contributed by atoms with Gasteiger partial charge in [0.1, 0.15) is 25.8 Å². The van der Waals surface area contributed by atoms with Gasteiger partial charge in [-0.3, -0.25) is 4.90 Å². The monoisotopic (exact) mass is 446 g/mol. The number of benzene rings is 1.